The zero-order valence-corrected chi connectivity index (χ0v) is 16.8. The summed E-state index contributed by atoms with van der Waals surface area (Å²) in [6, 6.07) is 8.71. The number of benzene rings is 2. The first kappa shape index (κ1) is 23.9. The van der Waals surface area contributed by atoms with Crippen molar-refractivity contribution in [3.05, 3.63) is 66.7 Å². The van der Waals surface area contributed by atoms with Crippen molar-refractivity contribution in [2.75, 3.05) is 23.7 Å². The van der Waals surface area contributed by atoms with Gasteiger partial charge in [-0.15, -0.1) is 6.58 Å². The molecule has 0 radical (unpaired) electrons. The summed E-state index contributed by atoms with van der Waals surface area (Å²) in [6.45, 7) is 3.07. The van der Waals surface area contributed by atoms with E-state index in [1.54, 1.807) is 0 Å². The third-order valence-electron chi connectivity index (χ3n) is 3.73. The number of carbonyl (C=O) groups excluding carboxylic acids is 2. The number of anilines is 2. The van der Waals surface area contributed by atoms with Crippen LogP contribution in [-0.2, 0) is 21.0 Å². The van der Waals surface area contributed by atoms with E-state index in [1.165, 1.54) is 30.3 Å². The summed E-state index contributed by atoms with van der Waals surface area (Å²) in [6.07, 6.45) is -3.18. The molecule has 0 atom stereocenters. The molecule has 0 spiro atoms. The lowest BCUT2D eigenvalue weighted by Gasteiger charge is -2.11. The van der Waals surface area contributed by atoms with E-state index in [0.29, 0.717) is 17.4 Å². The Morgan fingerprint density at radius 2 is 1.61 bits per heavy atom. The van der Waals surface area contributed by atoms with Crippen LogP contribution in [0.4, 0.5) is 29.3 Å². The Morgan fingerprint density at radius 1 is 1.00 bits per heavy atom. The number of rotatable bonds is 8. The van der Waals surface area contributed by atoms with Crippen molar-refractivity contribution in [1.29, 1.82) is 0 Å². The second-order valence-corrected chi connectivity index (χ2v) is 7.87. The smallest absolute Gasteiger partial charge is 0.334 e. The Bertz CT molecular complexity index is 1050. The molecule has 2 rings (SSSR count). The monoisotopic (exact) mass is 456 g/mol. The molecule has 0 heterocycles. The highest BCUT2D eigenvalue weighted by atomic mass is 32.2. The van der Waals surface area contributed by atoms with Crippen molar-refractivity contribution in [3.63, 3.8) is 0 Å². The van der Waals surface area contributed by atoms with Crippen molar-refractivity contribution in [2.45, 2.75) is 11.1 Å². The SMILES string of the molecule is C=CCNC(=O)Nc1ccc(NC(=O)CNS(=O)(=O)c2cccc(C(F)(F)F)c2)cc1. The number of nitrogens with one attached hydrogen (secondary N) is 4. The Balaban J connectivity index is 1.93. The third kappa shape index (κ3) is 7.42. The molecular formula is C19H19F3N4O4S. The van der Waals surface area contributed by atoms with Crippen LogP contribution >= 0.6 is 0 Å². The Morgan fingerprint density at radius 3 is 2.19 bits per heavy atom. The van der Waals surface area contributed by atoms with Crippen LogP contribution in [0.2, 0.25) is 0 Å². The van der Waals surface area contributed by atoms with Gasteiger partial charge >= 0.3 is 12.2 Å². The fraction of sp³-hybridized carbons (Fsp3) is 0.158. The molecule has 0 fully saturated rings. The predicted molar refractivity (Wildman–Crippen MR) is 109 cm³/mol. The van der Waals surface area contributed by atoms with E-state index in [4.69, 9.17) is 0 Å². The second-order valence-electron chi connectivity index (χ2n) is 6.10. The molecule has 12 heteroatoms. The number of hydrogen-bond acceptors (Lipinski definition) is 4. The standard InChI is InChI=1S/C19H19F3N4O4S/c1-2-10-23-18(28)26-15-8-6-14(7-9-15)25-17(27)12-24-31(29,30)16-5-3-4-13(11-16)19(20,21)22/h2-9,11,24H,1,10,12H2,(H,25,27)(H2,23,26,28). The van der Waals surface area contributed by atoms with Crippen LogP contribution in [-0.4, -0.2) is 33.4 Å². The van der Waals surface area contributed by atoms with Gasteiger partial charge in [0.1, 0.15) is 0 Å². The van der Waals surface area contributed by atoms with Crippen LogP contribution in [0.3, 0.4) is 0 Å². The highest BCUT2D eigenvalue weighted by Crippen LogP contribution is 2.30. The normalized spacial score (nSPS) is 11.5. The van der Waals surface area contributed by atoms with Crippen LogP contribution in [0.5, 0.6) is 0 Å². The zero-order chi connectivity index (χ0) is 23.1. The topological polar surface area (TPSA) is 116 Å². The van der Waals surface area contributed by atoms with Gasteiger partial charge in [0, 0.05) is 17.9 Å². The molecule has 2 aromatic carbocycles. The summed E-state index contributed by atoms with van der Waals surface area (Å²) < 4.78 is 64.6. The Kier molecular flexibility index (Phi) is 7.78. The van der Waals surface area contributed by atoms with Crippen molar-refractivity contribution in [1.82, 2.24) is 10.0 Å². The minimum Gasteiger partial charge on any atom is -0.334 e. The van der Waals surface area contributed by atoms with E-state index in [2.05, 4.69) is 22.5 Å². The van der Waals surface area contributed by atoms with E-state index in [1.807, 2.05) is 4.72 Å². The molecular weight excluding hydrogens is 437 g/mol. The molecule has 166 valence electrons. The summed E-state index contributed by atoms with van der Waals surface area (Å²) in [4.78, 5) is 22.9. The number of sulfonamides is 1. The largest absolute Gasteiger partial charge is 0.416 e. The first-order chi connectivity index (χ1) is 14.5. The van der Waals surface area contributed by atoms with E-state index < -0.39 is 45.1 Å². The molecule has 0 aliphatic rings. The molecule has 0 saturated heterocycles. The highest BCUT2D eigenvalue weighted by molar-refractivity contribution is 7.89. The van der Waals surface area contributed by atoms with Gasteiger partial charge in [0.15, 0.2) is 0 Å². The molecule has 8 nitrogen and oxygen atoms in total. The van der Waals surface area contributed by atoms with Gasteiger partial charge in [0.25, 0.3) is 0 Å². The van der Waals surface area contributed by atoms with Crippen molar-refractivity contribution in [3.8, 4) is 0 Å². The van der Waals surface area contributed by atoms with Gasteiger partial charge in [-0.05, 0) is 42.5 Å². The average Bonchev–Trinajstić information content (AvgIpc) is 2.72. The third-order valence-corrected chi connectivity index (χ3v) is 5.13. The number of urea groups is 1. The van der Waals surface area contributed by atoms with Gasteiger partial charge in [-0.1, -0.05) is 12.1 Å². The molecule has 3 amide bonds. The maximum atomic E-state index is 12.8. The first-order valence-electron chi connectivity index (χ1n) is 8.74. The molecule has 0 unspecified atom stereocenters. The van der Waals surface area contributed by atoms with Crippen LogP contribution < -0.4 is 20.7 Å². The van der Waals surface area contributed by atoms with E-state index in [-0.39, 0.29) is 6.54 Å². The van der Waals surface area contributed by atoms with Crippen LogP contribution in [0.1, 0.15) is 5.56 Å². The van der Waals surface area contributed by atoms with Gasteiger partial charge in [-0.25, -0.2) is 17.9 Å². The Hall–Kier alpha value is -3.38. The summed E-state index contributed by atoms with van der Waals surface area (Å²) >= 11 is 0. The molecule has 0 aliphatic heterocycles. The van der Waals surface area contributed by atoms with E-state index in [0.717, 1.165) is 18.2 Å². The van der Waals surface area contributed by atoms with Gasteiger partial charge in [0.05, 0.1) is 17.0 Å². The summed E-state index contributed by atoms with van der Waals surface area (Å²) in [5.74, 6) is -0.736. The van der Waals surface area contributed by atoms with Gasteiger partial charge in [0.2, 0.25) is 15.9 Å². The Labute approximate surface area is 176 Å². The van der Waals surface area contributed by atoms with E-state index in [9.17, 15) is 31.2 Å². The van der Waals surface area contributed by atoms with Crippen LogP contribution in [0.25, 0.3) is 0 Å². The number of alkyl halides is 3. The number of amides is 3. The van der Waals surface area contributed by atoms with Gasteiger partial charge < -0.3 is 16.0 Å². The summed E-state index contributed by atoms with van der Waals surface area (Å²) in [5.41, 5.74) is -0.350. The zero-order valence-electron chi connectivity index (χ0n) is 16.0. The lowest BCUT2D eigenvalue weighted by atomic mass is 10.2. The van der Waals surface area contributed by atoms with Crippen molar-refractivity contribution < 1.29 is 31.2 Å². The van der Waals surface area contributed by atoms with Gasteiger partial charge in [-0.3, -0.25) is 4.79 Å². The van der Waals surface area contributed by atoms with E-state index >= 15 is 0 Å². The van der Waals surface area contributed by atoms with Gasteiger partial charge in [-0.2, -0.15) is 13.2 Å². The highest BCUT2D eigenvalue weighted by Gasteiger charge is 2.31. The lowest BCUT2D eigenvalue weighted by Crippen LogP contribution is -2.33. The second kappa shape index (κ2) is 10.1. The number of carbonyl (C=O) groups is 2. The van der Waals surface area contributed by atoms with Crippen molar-refractivity contribution >= 4 is 33.3 Å². The molecule has 0 aromatic heterocycles. The quantitative estimate of drug-likeness (QED) is 0.457. The minimum atomic E-state index is -4.70. The lowest BCUT2D eigenvalue weighted by molar-refractivity contribution is -0.137. The van der Waals surface area contributed by atoms with Crippen molar-refractivity contribution in [2.24, 2.45) is 0 Å². The fourth-order valence-electron chi connectivity index (χ4n) is 2.27. The molecule has 0 saturated carbocycles. The minimum absolute atomic E-state index is 0.288. The molecule has 0 aliphatic carbocycles. The number of hydrogen-bond donors (Lipinski definition) is 4. The predicted octanol–water partition coefficient (Wildman–Crippen LogP) is 2.93. The first-order valence-corrected chi connectivity index (χ1v) is 10.2. The molecule has 31 heavy (non-hydrogen) atoms. The average molecular weight is 456 g/mol. The maximum absolute atomic E-state index is 12.8. The van der Waals surface area contributed by atoms with Crippen LogP contribution in [0.15, 0.2) is 66.1 Å². The van der Waals surface area contributed by atoms with Crippen LogP contribution in [0, 0.1) is 0 Å². The fourth-order valence-corrected chi connectivity index (χ4v) is 3.29. The maximum Gasteiger partial charge on any atom is 0.416 e. The summed E-state index contributed by atoms with van der Waals surface area (Å²) in [5, 5.41) is 7.50. The number of halogens is 3. The molecule has 2 aromatic rings. The molecule has 4 N–H and O–H groups in total. The molecule has 0 bridgehead atoms. The summed E-state index contributed by atoms with van der Waals surface area (Å²) in [7, 11) is -4.33.